The molecule has 0 aliphatic heterocycles. The maximum atomic E-state index is 13.2. The molecule has 0 saturated heterocycles. The van der Waals surface area contributed by atoms with Crippen molar-refractivity contribution in [3.05, 3.63) is 65.5 Å². The van der Waals surface area contributed by atoms with Gasteiger partial charge in [-0.2, -0.15) is 0 Å². The zero-order valence-corrected chi connectivity index (χ0v) is 10.8. The number of rotatable bonds is 5. The molecule has 0 amide bonds. The van der Waals surface area contributed by atoms with Crippen molar-refractivity contribution in [1.82, 2.24) is 5.43 Å². The Morgan fingerprint density at radius 1 is 1.21 bits per heavy atom. The van der Waals surface area contributed by atoms with Crippen LogP contribution < -0.4 is 16.0 Å². The third-order valence-electron chi connectivity index (χ3n) is 3.03. The Morgan fingerprint density at radius 2 is 2.00 bits per heavy atom. The molecule has 0 aromatic heterocycles. The van der Waals surface area contributed by atoms with E-state index >= 15 is 0 Å². The summed E-state index contributed by atoms with van der Waals surface area (Å²) >= 11 is 0. The van der Waals surface area contributed by atoms with E-state index in [0.717, 1.165) is 16.9 Å². The zero-order valence-electron chi connectivity index (χ0n) is 10.8. The molecule has 0 aliphatic rings. The standard InChI is InChI=1S/C15H17FN2O/c1-19-14-7-2-4-11(8-14)9-15(18-17)12-5-3-6-13(16)10-12/h2-8,10,15,18H,9,17H2,1H3. The lowest BCUT2D eigenvalue weighted by Crippen LogP contribution is -2.29. The van der Waals surface area contributed by atoms with E-state index in [0.29, 0.717) is 6.42 Å². The fourth-order valence-electron chi connectivity index (χ4n) is 2.03. The van der Waals surface area contributed by atoms with Crippen LogP contribution in [0, 0.1) is 5.82 Å². The highest BCUT2D eigenvalue weighted by molar-refractivity contribution is 5.30. The molecule has 0 spiro atoms. The Hall–Kier alpha value is -1.91. The summed E-state index contributed by atoms with van der Waals surface area (Å²) in [5.41, 5.74) is 4.62. The largest absolute Gasteiger partial charge is 0.497 e. The zero-order chi connectivity index (χ0) is 13.7. The highest BCUT2D eigenvalue weighted by Crippen LogP contribution is 2.21. The Morgan fingerprint density at radius 3 is 2.68 bits per heavy atom. The molecule has 2 aromatic rings. The number of nitrogens with two attached hydrogens (primary N) is 1. The van der Waals surface area contributed by atoms with Crippen molar-refractivity contribution in [3.63, 3.8) is 0 Å². The summed E-state index contributed by atoms with van der Waals surface area (Å²) in [7, 11) is 1.63. The fraction of sp³-hybridized carbons (Fsp3) is 0.200. The van der Waals surface area contributed by atoms with Gasteiger partial charge in [0.1, 0.15) is 11.6 Å². The number of benzene rings is 2. The highest BCUT2D eigenvalue weighted by Gasteiger charge is 2.11. The highest BCUT2D eigenvalue weighted by atomic mass is 19.1. The van der Waals surface area contributed by atoms with Gasteiger partial charge in [-0.25, -0.2) is 4.39 Å². The molecule has 0 bridgehead atoms. The quantitative estimate of drug-likeness (QED) is 0.641. The lowest BCUT2D eigenvalue weighted by molar-refractivity contribution is 0.414. The monoisotopic (exact) mass is 260 g/mol. The van der Waals surface area contributed by atoms with E-state index in [4.69, 9.17) is 10.6 Å². The van der Waals surface area contributed by atoms with Crippen molar-refractivity contribution in [3.8, 4) is 5.75 Å². The third kappa shape index (κ3) is 3.53. The second-order valence-electron chi connectivity index (χ2n) is 4.33. The molecule has 0 saturated carbocycles. The fourth-order valence-corrected chi connectivity index (χ4v) is 2.03. The van der Waals surface area contributed by atoms with Crippen LogP contribution in [0.1, 0.15) is 17.2 Å². The Balaban J connectivity index is 2.18. The first kappa shape index (κ1) is 13.5. The van der Waals surface area contributed by atoms with Gasteiger partial charge in [0.15, 0.2) is 0 Å². The maximum Gasteiger partial charge on any atom is 0.123 e. The van der Waals surface area contributed by atoms with E-state index in [2.05, 4.69) is 5.43 Å². The van der Waals surface area contributed by atoms with Crippen molar-refractivity contribution >= 4 is 0 Å². The van der Waals surface area contributed by atoms with Gasteiger partial charge in [0.2, 0.25) is 0 Å². The van der Waals surface area contributed by atoms with Crippen LogP contribution in [-0.2, 0) is 6.42 Å². The van der Waals surface area contributed by atoms with E-state index in [9.17, 15) is 4.39 Å². The molecule has 2 rings (SSSR count). The lowest BCUT2D eigenvalue weighted by atomic mass is 9.99. The van der Waals surface area contributed by atoms with Gasteiger partial charge in [-0.3, -0.25) is 11.3 Å². The number of hydrogen-bond donors (Lipinski definition) is 2. The van der Waals surface area contributed by atoms with E-state index < -0.39 is 0 Å². The first-order chi connectivity index (χ1) is 9.22. The van der Waals surface area contributed by atoms with Crippen molar-refractivity contribution in [2.45, 2.75) is 12.5 Å². The molecule has 1 unspecified atom stereocenters. The van der Waals surface area contributed by atoms with Crippen LogP contribution in [0.2, 0.25) is 0 Å². The molecule has 4 heteroatoms. The Labute approximate surface area is 112 Å². The molecule has 100 valence electrons. The van der Waals surface area contributed by atoms with Gasteiger partial charge in [0, 0.05) is 0 Å². The second-order valence-corrected chi connectivity index (χ2v) is 4.33. The summed E-state index contributed by atoms with van der Waals surface area (Å²) in [6.07, 6.45) is 0.664. The van der Waals surface area contributed by atoms with Crippen LogP contribution in [0.5, 0.6) is 5.75 Å². The predicted molar refractivity (Wildman–Crippen MR) is 73.2 cm³/mol. The van der Waals surface area contributed by atoms with Crippen LogP contribution >= 0.6 is 0 Å². The van der Waals surface area contributed by atoms with E-state index in [1.165, 1.54) is 12.1 Å². The summed E-state index contributed by atoms with van der Waals surface area (Å²) in [5, 5.41) is 0. The van der Waals surface area contributed by atoms with Gasteiger partial charge in [0.05, 0.1) is 13.2 Å². The lowest BCUT2D eigenvalue weighted by Gasteiger charge is -2.17. The second kappa shape index (κ2) is 6.31. The molecule has 0 fully saturated rings. The normalized spacial score (nSPS) is 12.2. The summed E-state index contributed by atoms with van der Waals surface area (Å²) in [6.45, 7) is 0. The van der Waals surface area contributed by atoms with Crippen LogP contribution in [0.4, 0.5) is 4.39 Å². The summed E-state index contributed by atoms with van der Waals surface area (Å²) in [5.74, 6) is 6.11. The number of halogens is 1. The number of nitrogens with one attached hydrogen (secondary N) is 1. The minimum Gasteiger partial charge on any atom is -0.497 e. The first-order valence-corrected chi connectivity index (χ1v) is 6.07. The average Bonchev–Trinajstić information content (AvgIpc) is 2.45. The molecule has 1 atom stereocenters. The van der Waals surface area contributed by atoms with E-state index in [1.54, 1.807) is 13.2 Å². The van der Waals surface area contributed by atoms with Crippen LogP contribution in [0.3, 0.4) is 0 Å². The minimum atomic E-state index is -0.261. The smallest absolute Gasteiger partial charge is 0.123 e. The van der Waals surface area contributed by atoms with E-state index in [1.807, 2.05) is 30.3 Å². The molecule has 0 aliphatic carbocycles. The molecule has 19 heavy (non-hydrogen) atoms. The SMILES string of the molecule is COc1cccc(CC(NN)c2cccc(F)c2)c1. The van der Waals surface area contributed by atoms with Crippen molar-refractivity contribution in [2.75, 3.05) is 7.11 Å². The van der Waals surface area contributed by atoms with Gasteiger partial charge in [-0.1, -0.05) is 24.3 Å². The van der Waals surface area contributed by atoms with Gasteiger partial charge in [-0.15, -0.1) is 0 Å². The van der Waals surface area contributed by atoms with Crippen molar-refractivity contribution in [2.24, 2.45) is 5.84 Å². The minimum absolute atomic E-state index is 0.136. The van der Waals surface area contributed by atoms with Crippen molar-refractivity contribution in [1.29, 1.82) is 0 Å². The summed E-state index contributed by atoms with van der Waals surface area (Å²) < 4.78 is 18.4. The maximum absolute atomic E-state index is 13.2. The number of methoxy groups -OCH3 is 1. The summed E-state index contributed by atoms with van der Waals surface area (Å²) in [4.78, 5) is 0. The molecule has 3 nitrogen and oxygen atoms in total. The topological polar surface area (TPSA) is 47.3 Å². The molecule has 2 aromatic carbocycles. The molecule has 0 radical (unpaired) electrons. The van der Waals surface area contributed by atoms with Crippen LogP contribution in [0.15, 0.2) is 48.5 Å². The molecular weight excluding hydrogens is 243 g/mol. The van der Waals surface area contributed by atoms with Gasteiger partial charge < -0.3 is 4.74 Å². The van der Waals surface area contributed by atoms with Gasteiger partial charge in [-0.05, 0) is 41.8 Å². The first-order valence-electron chi connectivity index (χ1n) is 6.07. The Kier molecular flexibility index (Phi) is 4.49. The van der Waals surface area contributed by atoms with Crippen LogP contribution in [-0.4, -0.2) is 7.11 Å². The average molecular weight is 260 g/mol. The summed E-state index contributed by atoms with van der Waals surface area (Å²) in [6, 6.07) is 14.1. The van der Waals surface area contributed by atoms with Crippen LogP contribution in [0.25, 0.3) is 0 Å². The third-order valence-corrected chi connectivity index (χ3v) is 3.03. The van der Waals surface area contributed by atoms with Gasteiger partial charge >= 0.3 is 0 Å². The predicted octanol–water partition coefficient (Wildman–Crippen LogP) is 2.58. The number of ether oxygens (including phenoxy) is 1. The van der Waals surface area contributed by atoms with E-state index in [-0.39, 0.29) is 11.9 Å². The van der Waals surface area contributed by atoms with Gasteiger partial charge in [0.25, 0.3) is 0 Å². The molecule has 0 heterocycles. The molecule has 3 N–H and O–H groups in total. The Bertz CT molecular complexity index is 545. The molecular formula is C15H17FN2O. The number of hydrazine groups is 1. The number of hydrogen-bond acceptors (Lipinski definition) is 3. The van der Waals surface area contributed by atoms with Crippen molar-refractivity contribution < 1.29 is 9.13 Å².